The first-order valence-electron chi connectivity index (χ1n) is 4.39. The summed E-state index contributed by atoms with van der Waals surface area (Å²) < 4.78 is -1.68. The molecular formula is C11H11Cl3O. The van der Waals surface area contributed by atoms with Crippen LogP contribution in [0.15, 0.2) is 30.3 Å². The van der Waals surface area contributed by atoms with Gasteiger partial charge in [-0.3, -0.25) is 0 Å². The molecule has 4 heteroatoms. The maximum Gasteiger partial charge on any atom is 0.219 e. The van der Waals surface area contributed by atoms with Gasteiger partial charge >= 0.3 is 0 Å². The smallest absolute Gasteiger partial charge is 0.219 e. The zero-order valence-corrected chi connectivity index (χ0v) is 10.4. The van der Waals surface area contributed by atoms with Crippen molar-refractivity contribution in [1.82, 2.24) is 0 Å². The minimum absolute atomic E-state index is 0.961. The van der Waals surface area contributed by atoms with Gasteiger partial charge in [0.25, 0.3) is 0 Å². The van der Waals surface area contributed by atoms with E-state index in [1.54, 1.807) is 6.08 Å². The molecule has 0 fully saturated rings. The number of rotatable bonds is 2. The van der Waals surface area contributed by atoms with E-state index in [-0.39, 0.29) is 0 Å². The normalized spacial score (nSPS) is 14.5. The average Bonchev–Trinajstić information content (AvgIpc) is 2.12. The molecule has 1 N–H and O–H groups in total. The zero-order valence-electron chi connectivity index (χ0n) is 8.12. The third kappa shape index (κ3) is 4.43. The van der Waals surface area contributed by atoms with Crippen LogP contribution in [0, 0.1) is 6.92 Å². The van der Waals surface area contributed by atoms with Crippen molar-refractivity contribution in [1.29, 1.82) is 0 Å². The average molecular weight is 266 g/mol. The fraction of sp³-hybridized carbons (Fsp3) is 0.273. The highest BCUT2D eigenvalue weighted by Gasteiger charge is 2.28. The van der Waals surface area contributed by atoms with E-state index in [9.17, 15) is 5.11 Å². The van der Waals surface area contributed by atoms with Crippen LogP contribution in [0.1, 0.15) is 11.1 Å². The molecule has 0 aliphatic carbocycles. The number of hydrogen-bond donors (Lipinski definition) is 1. The zero-order chi connectivity index (χ0) is 11.5. The minimum Gasteiger partial charge on any atom is -0.385 e. The third-order valence-electron chi connectivity index (χ3n) is 1.85. The molecule has 0 amide bonds. The summed E-state index contributed by atoms with van der Waals surface area (Å²) in [6, 6.07) is 7.80. The van der Waals surface area contributed by atoms with E-state index < -0.39 is 9.90 Å². The Hall–Kier alpha value is -0.210. The van der Waals surface area contributed by atoms with Crippen molar-refractivity contribution in [2.24, 2.45) is 0 Å². The minimum atomic E-state index is -1.68. The van der Waals surface area contributed by atoms with Gasteiger partial charge in [-0.15, -0.1) is 0 Å². The van der Waals surface area contributed by atoms with E-state index in [4.69, 9.17) is 34.8 Å². The molecule has 1 rings (SSSR count). The van der Waals surface area contributed by atoms with Gasteiger partial charge in [0.05, 0.1) is 0 Å². The predicted octanol–water partition coefficient (Wildman–Crippen LogP) is 3.74. The molecule has 0 spiro atoms. The van der Waals surface area contributed by atoms with Gasteiger partial charge in [0.1, 0.15) is 6.10 Å². The van der Waals surface area contributed by atoms with E-state index in [0.717, 1.165) is 11.1 Å². The molecule has 1 aromatic carbocycles. The molecule has 1 nitrogen and oxygen atoms in total. The number of hydrogen-bond acceptors (Lipinski definition) is 1. The number of aryl methyl sites for hydroxylation is 1. The Morgan fingerprint density at radius 1 is 1.33 bits per heavy atom. The van der Waals surface area contributed by atoms with Crippen LogP contribution in [0.25, 0.3) is 6.08 Å². The highest BCUT2D eigenvalue weighted by Crippen LogP contribution is 2.31. The summed E-state index contributed by atoms with van der Waals surface area (Å²) in [5, 5.41) is 9.43. The maximum atomic E-state index is 9.43. The molecular weight excluding hydrogens is 254 g/mol. The van der Waals surface area contributed by atoms with Crippen LogP contribution >= 0.6 is 34.8 Å². The van der Waals surface area contributed by atoms with Crippen LogP contribution in [-0.2, 0) is 0 Å². The number of halogens is 3. The fourth-order valence-corrected chi connectivity index (χ4v) is 1.30. The maximum absolute atomic E-state index is 9.43. The van der Waals surface area contributed by atoms with Crippen LogP contribution < -0.4 is 0 Å². The molecule has 82 valence electrons. The Kier molecular flexibility index (Phi) is 4.47. The summed E-state index contributed by atoms with van der Waals surface area (Å²) in [7, 11) is 0. The first kappa shape index (κ1) is 12.9. The fourth-order valence-electron chi connectivity index (χ4n) is 1.09. The Morgan fingerprint density at radius 3 is 2.53 bits per heavy atom. The third-order valence-corrected chi connectivity index (χ3v) is 2.52. The predicted molar refractivity (Wildman–Crippen MR) is 66.5 cm³/mol. The van der Waals surface area contributed by atoms with Crippen molar-refractivity contribution in [2.45, 2.75) is 16.8 Å². The van der Waals surface area contributed by atoms with Crippen molar-refractivity contribution >= 4 is 40.9 Å². The molecule has 1 unspecified atom stereocenters. The van der Waals surface area contributed by atoms with E-state index >= 15 is 0 Å². The van der Waals surface area contributed by atoms with Gasteiger partial charge in [-0.1, -0.05) is 76.8 Å². The lowest BCUT2D eigenvalue weighted by Gasteiger charge is -2.14. The van der Waals surface area contributed by atoms with Crippen molar-refractivity contribution in [3.8, 4) is 0 Å². The Morgan fingerprint density at radius 2 is 2.00 bits per heavy atom. The molecule has 0 bridgehead atoms. The summed E-state index contributed by atoms with van der Waals surface area (Å²) in [6.07, 6.45) is 2.07. The van der Waals surface area contributed by atoms with Gasteiger partial charge in [0.2, 0.25) is 3.79 Å². The monoisotopic (exact) mass is 264 g/mol. The molecule has 0 aliphatic heterocycles. The van der Waals surface area contributed by atoms with Gasteiger partial charge in [-0.2, -0.15) is 0 Å². The Balaban J connectivity index is 2.74. The molecule has 0 saturated carbocycles. The lowest BCUT2D eigenvalue weighted by molar-refractivity contribution is 0.228. The summed E-state index contributed by atoms with van der Waals surface area (Å²) in [4.78, 5) is 0. The number of alkyl halides is 3. The largest absolute Gasteiger partial charge is 0.385 e. The summed E-state index contributed by atoms with van der Waals surface area (Å²) in [5.41, 5.74) is 2.10. The highest BCUT2D eigenvalue weighted by atomic mass is 35.6. The van der Waals surface area contributed by atoms with E-state index in [1.807, 2.05) is 31.2 Å². The van der Waals surface area contributed by atoms with Crippen LogP contribution in [0.2, 0.25) is 0 Å². The van der Waals surface area contributed by atoms with E-state index in [2.05, 4.69) is 0 Å². The van der Waals surface area contributed by atoms with Gasteiger partial charge < -0.3 is 5.11 Å². The lowest BCUT2D eigenvalue weighted by Crippen LogP contribution is -2.22. The van der Waals surface area contributed by atoms with Crippen LogP contribution in [0.4, 0.5) is 0 Å². The molecule has 0 saturated heterocycles. The van der Waals surface area contributed by atoms with Gasteiger partial charge in [-0.05, 0) is 12.5 Å². The van der Waals surface area contributed by atoms with Gasteiger partial charge in [-0.25, -0.2) is 0 Å². The quantitative estimate of drug-likeness (QED) is 0.808. The van der Waals surface area contributed by atoms with Crippen molar-refractivity contribution in [2.75, 3.05) is 0 Å². The Bertz CT molecular complexity index is 355. The second-order valence-corrected chi connectivity index (χ2v) is 5.63. The second-order valence-electron chi connectivity index (χ2n) is 3.26. The van der Waals surface area contributed by atoms with Crippen molar-refractivity contribution in [3.05, 3.63) is 41.5 Å². The molecule has 1 aromatic rings. The summed E-state index contributed by atoms with van der Waals surface area (Å²) in [6.45, 7) is 1.99. The molecule has 1 atom stereocenters. The highest BCUT2D eigenvalue weighted by molar-refractivity contribution is 6.68. The van der Waals surface area contributed by atoms with Crippen molar-refractivity contribution in [3.63, 3.8) is 0 Å². The number of aliphatic hydroxyl groups excluding tert-OH is 1. The van der Waals surface area contributed by atoms with Gasteiger partial charge in [0.15, 0.2) is 0 Å². The lowest BCUT2D eigenvalue weighted by atomic mass is 10.1. The molecule has 0 aromatic heterocycles. The van der Waals surface area contributed by atoms with Crippen molar-refractivity contribution < 1.29 is 5.11 Å². The topological polar surface area (TPSA) is 20.2 Å². The van der Waals surface area contributed by atoms with Crippen LogP contribution in [-0.4, -0.2) is 15.0 Å². The SMILES string of the molecule is Cc1cccc(/C=C/C(O)C(Cl)(Cl)Cl)c1. The first-order chi connectivity index (χ1) is 6.89. The Labute approximate surface area is 104 Å². The van der Waals surface area contributed by atoms with E-state index in [1.165, 1.54) is 6.08 Å². The second kappa shape index (κ2) is 5.22. The van der Waals surface area contributed by atoms with Crippen LogP contribution in [0.5, 0.6) is 0 Å². The molecule has 0 radical (unpaired) electrons. The van der Waals surface area contributed by atoms with E-state index in [0.29, 0.717) is 0 Å². The molecule has 0 heterocycles. The summed E-state index contributed by atoms with van der Waals surface area (Å²) >= 11 is 16.5. The van der Waals surface area contributed by atoms with Crippen LogP contribution in [0.3, 0.4) is 0 Å². The number of aliphatic hydroxyl groups is 1. The van der Waals surface area contributed by atoms with Gasteiger partial charge in [0, 0.05) is 0 Å². The summed E-state index contributed by atoms with van der Waals surface area (Å²) in [5.74, 6) is 0. The molecule has 0 aliphatic rings. The standard InChI is InChI=1S/C11H11Cl3O/c1-8-3-2-4-9(7-8)5-6-10(15)11(12,13)14/h2-7,10,15H,1H3/b6-5+. The molecule has 15 heavy (non-hydrogen) atoms. The number of benzene rings is 1. The first-order valence-corrected chi connectivity index (χ1v) is 5.52.